The number of amides is 2. The number of hydrogen-bond donors (Lipinski definition) is 2. The van der Waals surface area contributed by atoms with Gasteiger partial charge in [-0.3, -0.25) is 0 Å². The molecule has 0 heterocycles. The second-order valence-electron chi connectivity index (χ2n) is 16.5. The van der Waals surface area contributed by atoms with E-state index < -0.39 is 56.4 Å². The molecule has 0 saturated carbocycles. The van der Waals surface area contributed by atoms with Gasteiger partial charge in [0.2, 0.25) is 0 Å². The number of nitrogens with one attached hydrogen (secondary N) is 2. The van der Waals surface area contributed by atoms with Crippen LogP contribution in [0.25, 0.3) is 0 Å². The molecule has 308 valence electrons. The molecule has 55 heavy (non-hydrogen) atoms. The number of rotatable bonds is 23. The van der Waals surface area contributed by atoms with Crippen LogP contribution in [0, 0.1) is 5.92 Å². The van der Waals surface area contributed by atoms with Crippen LogP contribution in [0.3, 0.4) is 0 Å². The van der Waals surface area contributed by atoms with Crippen molar-refractivity contribution >= 4 is 42.7 Å². The molecule has 0 fully saturated rings. The standard InChI is InChI=1S/C31H43N2O8.C13H27.Sn/c1-30(2,3)40-28(35)24(33-29(36)41-31(4,5)6)16-21(15-20-13-11-10-12-14-20)27(34)32-19-23-25(38-8)17-22(37-7)18-26(23)39-9;1-4-7-10-13(11-8-5-2)12-9-6-3;/h11-14,17-18,21,24H,15-16,19H2,1-9H3,(H,32,34)(H,33,36);4-12H2,1-3H3;/t21-,24-;;/m0../s1. The third kappa shape index (κ3) is 17.3. The predicted molar refractivity (Wildman–Crippen MR) is 222 cm³/mol. The monoisotopic (exact) mass is 874 g/mol. The average Bonchev–Trinajstić information content (AvgIpc) is 3.12. The van der Waals surface area contributed by atoms with Crippen LogP contribution in [0.2, 0.25) is 3.43 Å². The van der Waals surface area contributed by atoms with Gasteiger partial charge < -0.3 is 4.74 Å². The van der Waals surface area contributed by atoms with Gasteiger partial charge in [0.1, 0.15) is 5.75 Å². The Kier molecular flexibility index (Phi) is 20.2. The average molecular weight is 874 g/mol. The maximum atomic E-state index is 14.3. The number of esters is 1. The molecule has 2 atom stereocenters. The van der Waals surface area contributed by atoms with Crippen molar-refractivity contribution in [1.82, 2.24) is 10.6 Å². The summed E-state index contributed by atoms with van der Waals surface area (Å²) >= 11 is -0.949. The van der Waals surface area contributed by atoms with Crippen molar-refractivity contribution in [3.63, 3.8) is 0 Å². The Morgan fingerprint density at radius 3 is 1.67 bits per heavy atom. The van der Waals surface area contributed by atoms with Crippen LogP contribution in [0.1, 0.15) is 138 Å². The molecule has 2 N–H and O–H groups in total. The van der Waals surface area contributed by atoms with Crippen molar-refractivity contribution in [2.24, 2.45) is 5.92 Å². The Labute approximate surface area is 342 Å². The molecule has 2 amide bonds. The van der Waals surface area contributed by atoms with E-state index in [1.807, 2.05) is 0 Å². The molecule has 0 aromatic heterocycles. The van der Waals surface area contributed by atoms with Crippen molar-refractivity contribution in [2.45, 2.75) is 160 Å². The van der Waals surface area contributed by atoms with Crippen LogP contribution in [0.5, 0.6) is 17.2 Å². The molecule has 0 saturated heterocycles. The van der Waals surface area contributed by atoms with Gasteiger partial charge in [0.05, 0.1) is 21.3 Å². The summed E-state index contributed by atoms with van der Waals surface area (Å²) in [7, 11) is 4.65. The van der Waals surface area contributed by atoms with E-state index in [1.54, 1.807) is 75.0 Å². The molecule has 2 aromatic carbocycles. The van der Waals surface area contributed by atoms with E-state index in [0.717, 1.165) is 5.56 Å². The van der Waals surface area contributed by atoms with Gasteiger partial charge in [0.15, 0.2) is 0 Å². The van der Waals surface area contributed by atoms with Gasteiger partial charge in [-0.05, 0) is 20.8 Å². The number of carbonyl (C=O) groups is 3. The van der Waals surface area contributed by atoms with Crippen molar-refractivity contribution in [3.05, 3.63) is 47.5 Å². The van der Waals surface area contributed by atoms with Crippen LogP contribution >= 0.6 is 0 Å². The quantitative estimate of drug-likeness (QED) is 0.0840. The van der Waals surface area contributed by atoms with E-state index in [-0.39, 0.29) is 18.9 Å². The van der Waals surface area contributed by atoms with E-state index in [4.69, 9.17) is 23.7 Å². The van der Waals surface area contributed by atoms with E-state index in [0.29, 0.717) is 32.7 Å². The van der Waals surface area contributed by atoms with E-state index >= 15 is 0 Å². The molecule has 10 nitrogen and oxygen atoms in total. The Balaban J connectivity index is 2.51. The Morgan fingerprint density at radius 2 is 1.24 bits per heavy atom. The van der Waals surface area contributed by atoms with Gasteiger partial charge in [-0.25, -0.2) is 0 Å². The van der Waals surface area contributed by atoms with Gasteiger partial charge in [-0.1, -0.05) is 0 Å². The second-order valence-corrected chi connectivity index (χ2v) is 21.9. The topological polar surface area (TPSA) is 121 Å². The summed E-state index contributed by atoms with van der Waals surface area (Å²) in [6.07, 6.45) is 10.9. The van der Waals surface area contributed by atoms with Crippen molar-refractivity contribution in [1.29, 1.82) is 0 Å². The summed E-state index contributed by atoms with van der Waals surface area (Å²) in [5.41, 5.74) is 0.0137. The molecule has 2 aromatic rings. The molecule has 2 rings (SSSR count). The molecule has 2 radical (unpaired) electrons. The second kappa shape index (κ2) is 23.2. The van der Waals surface area contributed by atoms with Crippen molar-refractivity contribution < 1.29 is 38.1 Å². The molecule has 0 aliphatic rings. The first kappa shape index (κ1) is 48.0. The molecule has 11 heteroatoms. The minimum atomic E-state index is -1.14. The van der Waals surface area contributed by atoms with Crippen LogP contribution in [-0.2, 0) is 32.0 Å². The van der Waals surface area contributed by atoms with Crippen LogP contribution in [0.4, 0.5) is 4.79 Å². The van der Waals surface area contributed by atoms with E-state index in [9.17, 15) is 14.4 Å². The van der Waals surface area contributed by atoms with Crippen molar-refractivity contribution in [3.8, 4) is 17.2 Å². The zero-order valence-corrected chi connectivity index (χ0v) is 38.7. The number of unbranched alkanes of at least 4 members (excludes halogenated alkanes) is 3. The first-order valence-electron chi connectivity index (χ1n) is 20.1. The molecular weight excluding hydrogens is 803 g/mol. The minimum absolute atomic E-state index is 0.0104. The summed E-state index contributed by atoms with van der Waals surface area (Å²) in [6, 6.07) is 11.1. The third-order valence-electron chi connectivity index (χ3n) is 9.40. The van der Waals surface area contributed by atoms with Gasteiger partial charge >= 0.3 is 291 Å². The van der Waals surface area contributed by atoms with Gasteiger partial charge in [-0.2, -0.15) is 0 Å². The summed E-state index contributed by atoms with van der Waals surface area (Å²) in [5, 5.41) is 5.78. The summed E-state index contributed by atoms with van der Waals surface area (Å²) in [5.74, 6) is -0.0933. The molecular formula is C44H70N2O8Sn. The SMILES string of the molecule is CCCC[C](CCCC)(CCCC)[Sn][c]1ccc(C[C@@H](C[C@H](NC(=O)OC(C)(C)C)C(=O)OC(C)(C)C)C(=O)NCc2c(OC)cc(OC)cc2OC)cc1. The zero-order valence-electron chi connectivity index (χ0n) is 35.9. The molecule has 0 aliphatic heterocycles. The first-order chi connectivity index (χ1) is 25.9. The number of hydrogen-bond acceptors (Lipinski definition) is 8. The van der Waals surface area contributed by atoms with Gasteiger partial charge in [0, 0.05) is 0 Å². The van der Waals surface area contributed by atoms with Crippen LogP contribution < -0.4 is 28.4 Å². The Hall–Kier alpha value is -3.15. The van der Waals surface area contributed by atoms with Crippen LogP contribution in [0.15, 0.2) is 36.4 Å². The zero-order chi connectivity index (χ0) is 41.2. The molecule has 0 unspecified atom stereocenters. The number of ether oxygens (including phenoxy) is 5. The third-order valence-corrected chi connectivity index (χ3v) is 14.8. The normalized spacial score (nSPS) is 13.0. The maximum absolute atomic E-state index is 14.3. The van der Waals surface area contributed by atoms with Gasteiger partial charge in [-0.15, -0.1) is 0 Å². The van der Waals surface area contributed by atoms with Gasteiger partial charge in [0.25, 0.3) is 0 Å². The summed E-state index contributed by atoms with van der Waals surface area (Å²) in [4.78, 5) is 40.9. The number of alkyl carbamates (subject to hydrolysis) is 1. The fraction of sp³-hybridized carbons (Fsp3) is 0.659. The fourth-order valence-electron chi connectivity index (χ4n) is 6.60. The number of carbonyl (C=O) groups excluding carboxylic acids is 3. The fourth-order valence-corrected chi connectivity index (χ4v) is 11.9. The van der Waals surface area contributed by atoms with Crippen LogP contribution in [-0.4, -0.2) is 77.7 Å². The molecule has 0 bridgehead atoms. The van der Waals surface area contributed by atoms with Crippen molar-refractivity contribution in [2.75, 3.05) is 21.3 Å². The Morgan fingerprint density at radius 1 is 0.727 bits per heavy atom. The molecule has 0 spiro atoms. The predicted octanol–water partition coefficient (Wildman–Crippen LogP) is 8.87. The number of benzene rings is 2. The molecule has 0 aliphatic carbocycles. The van der Waals surface area contributed by atoms with E-state index in [2.05, 4.69) is 55.7 Å². The van der Waals surface area contributed by atoms with E-state index in [1.165, 1.54) is 61.4 Å². The summed E-state index contributed by atoms with van der Waals surface area (Å²) in [6.45, 7) is 17.5. The number of methoxy groups -OCH3 is 3. The first-order valence-corrected chi connectivity index (χ1v) is 22.9. The Bertz CT molecular complexity index is 1440. The summed E-state index contributed by atoms with van der Waals surface area (Å²) < 4.78 is 29.8.